The summed E-state index contributed by atoms with van der Waals surface area (Å²) in [5.74, 6) is -0.405. The van der Waals surface area contributed by atoms with Crippen molar-refractivity contribution >= 4 is 17.8 Å². The zero-order chi connectivity index (χ0) is 28.2. The first-order chi connectivity index (χ1) is 18.5. The van der Waals surface area contributed by atoms with Crippen molar-refractivity contribution in [3.63, 3.8) is 0 Å². The van der Waals surface area contributed by atoms with Crippen molar-refractivity contribution in [2.24, 2.45) is 0 Å². The number of aliphatic hydroxyl groups excluding tert-OH is 1. The Balaban J connectivity index is 1.47. The number of aliphatic hydroxyl groups is 1. The molecule has 0 bridgehead atoms. The van der Waals surface area contributed by atoms with Gasteiger partial charge in [-0.05, 0) is 75.8 Å². The van der Waals surface area contributed by atoms with Gasteiger partial charge in [0.2, 0.25) is 0 Å². The Hall–Kier alpha value is -3.44. The first-order valence-electron chi connectivity index (χ1n) is 13.2. The average molecular weight is 545 g/mol. The van der Waals surface area contributed by atoms with Gasteiger partial charge in [0.05, 0.1) is 23.9 Å². The van der Waals surface area contributed by atoms with Crippen LogP contribution in [0.15, 0.2) is 30.5 Å². The molecule has 1 unspecified atom stereocenters. The normalized spacial score (nSPS) is 18.0. The predicted octanol–water partition coefficient (Wildman–Crippen LogP) is 3.62. The zero-order valence-electron chi connectivity index (χ0n) is 22.8. The van der Waals surface area contributed by atoms with Crippen molar-refractivity contribution in [3.05, 3.63) is 53.0 Å². The Kier molecular flexibility index (Phi) is 8.91. The van der Waals surface area contributed by atoms with E-state index in [4.69, 9.17) is 14.2 Å². The van der Waals surface area contributed by atoms with Gasteiger partial charge in [0, 0.05) is 26.2 Å². The molecule has 1 aromatic carbocycles. The van der Waals surface area contributed by atoms with E-state index >= 15 is 0 Å². The van der Waals surface area contributed by atoms with Crippen LogP contribution in [0.25, 0.3) is 0 Å². The number of ether oxygens (including phenoxy) is 3. The Labute approximate surface area is 227 Å². The summed E-state index contributed by atoms with van der Waals surface area (Å²) >= 11 is 0. The SMILES string of the molecule is COCOc1ccc2c(c1)CN(C(=O)OC(C)(C)C)C([C@H](O)CNC(=O)c1cc(NC3CCC3)ncc1F)C2. The number of pyridine rings is 1. The van der Waals surface area contributed by atoms with Crippen LogP contribution in [0.1, 0.15) is 61.5 Å². The molecule has 2 amide bonds. The van der Waals surface area contributed by atoms with Crippen molar-refractivity contribution < 1.29 is 33.3 Å². The van der Waals surface area contributed by atoms with Gasteiger partial charge in [-0.25, -0.2) is 14.2 Å². The molecule has 2 atom stereocenters. The van der Waals surface area contributed by atoms with E-state index in [1.165, 1.54) is 18.1 Å². The number of aromatic nitrogens is 1. The fraction of sp³-hybridized carbons (Fsp3) is 0.536. The highest BCUT2D eigenvalue weighted by molar-refractivity contribution is 5.95. The summed E-state index contributed by atoms with van der Waals surface area (Å²) in [6, 6.07) is 6.48. The molecule has 212 valence electrons. The molecular formula is C28H37FN4O6. The standard InChI is InChI=1S/C28H37FN4O6/c1-28(2,3)39-27(36)33-15-18-10-20(38-16-37-4)9-8-17(18)11-23(33)24(34)14-31-26(35)21-12-25(30-13-22(21)29)32-19-6-5-7-19/h8-10,12-13,19,23-24,34H,5-7,11,14-16H2,1-4H3,(H,30,32)(H,31,35)/t23?,24-/m1/s1. The highest BCUT2D eigenvalue weighted by Gasteiger charge is 2.37. The topological polar surface area (TPSA) is 122 Å². The number of nitrogens with one attached hydrogen (secondary N) is 2. The van der Waals surface area contributed by atoms with Crippen LogP contribution >= 0.6 is 0 Å². The van der Waals surface area contributed by atoms with Gasteiger partial charge in [-0.15, -0.1) is 0 Å². The fourth-order valence-electron chi connectivity index (χ4n) is 4.55. The minimum absolute atomic E-state index is 0.0891. The molecule has 2 aliphatic rings. The number of hydrogen-bond acceptors (Lipinski definition) is 8. The minimum Gasteiger partial charge on any atom is -0.468 e. The molecule has 1 saturated carbocycles. The van der Waals surface area contributed by atoms with E-state index in [1.807, 2.05) is 12.1 Å². The fourth-order valence-corrected chi connectivity index (χ4v) is 4.55. The number of carbonyl (C=O) groups excluding carboxylic acids is 2. The Bertz CT molecular complexity index is 1180. The Morgan fingerprint density at radius 2 is 2.00 bits per heavy atom. The van der Waals surface area contributed by atoms with Crippen molar-refractivity contribution in [2.75, 3.05) is 25.8 Å². The molecule has 10 nitrogen and oxygen atoms in total. The molecule has 0 saturated heterocycles. The molecule has 2 aromatic rings. The van der Waals surface area contributed by atoms with Gasteiger partial charge in [0.25, 0.3) is 5.91 Å². The van der Waals surface area contributed by atoms with Crippen LogP contribution in [-0.2, 0) is 22.4 Å². The number of nitrogens with zero attached hydrogens (tertiary/aromatic N) is 2. The van der Waals surface area contributed by atoms with E-state index < -0.39 is 35.6 Å². The second-order valence-corrected chi connectivity index (χ2v) is 11.0. The molecule has 39 heavy (non-hydrogen) atoms. The predicted molar refractivity (Wildman–Crippen MR) is 142 cm³/mol. The van der Waals surface area contributed by atoms with Crippen LogP contribution < -0.4 is 15.4 Å². The van der Waals surface area contributed by atoms with E-state index in [2.05, 4.69) is 15.6 Å². The summed E-state index contributed by atoms with van der Waals surface area (Å²) in [5.41, 5.74) is 0.879. The number of anilines is 1. The Morgan fingerprint density at radius 1 is 1.23 bits per heavy atom. The summed E-state index contributed by atoms with van der Waals surface area (Å²) in [6.07, 6.45) is 2.75. The van der Waals surface area contributed by atoms with Crippen molar-refractivity contribution in [2.45, 2.75) is 76.8 Å². The molecule has 1 aliphatic heterocycles. The van der Waals surface area contributed by atoms with Crippen LogP contribution in [0.4, 0.5) is 15.0 Å². The van der Waals surface area contributed by atoms with E-state index in [-0.39, 0.29) is 31.5 Å². The minimum atomic E-state index is -1.14. The van der Waals surface area contributed by atoms with Gasteiger partial charge >= 0.3 is 6.09 Å². The molecule has 1 fully saturated rings. The second kappa shape index (κ2) is 12.2. The van der Waals surface area contributed by atoms with Crippen molar-refractivity contribution in [3.8, 4) is 5.75 Å². The van der Waals surface area contributed by atoms with E-state index in [0.717, 1.165) is 36.6 Å². The molecule has 11 heteroatoms. The summed E-state index contributed by atoms with van der Waals surface area (Å²) < 4.78 is 30.5. The second-order valence-electron chi connectivity index (χ2n) is 11.0. The number of halogens is 1. The number of rotatable bonds is 9. The molecule has 4 rings (SSSR count). The molecule has 1 aromatic heterocycles. The third kappa shape index (κ3) is 7.36. The average Bonchev–Trinajstić information content (AvgIpc) is 2.86. The number of amides is 2. The maximum Gasteiger partial charge on any atom is 0.410 e. The lowest BCUT2D eigenvalue weighted by atomic mass is 9.91. The molecule has 2 heterocycles. The van der Waals surface area contributed by atoms with Crippen molar-refractivity contribution in [1.29, 1.82) is 0 Å². The molecule has 1 aliphatic carbocycles. The van der Waals surface area contributed by atoms with Crippen LogP contribution in [-0.4, -0.2) is 71.2 Å². The smallest absolute Gasteiger partial charge is 0.410 e. The lowest BCUT2D eigenvalue weighted by molar-refractivity contribution is -0.0114. The van der Waals surface area contributed by atoms with Gasteiger partial charge in [-0.3, -0.25) is 9.69 Å². The van der Waals surface area contributed by atoms with Crippen LogP contribution in [0.5, 0.6) is 5.75 Å². The third-order valence-electron chi connectivity index (χ3n) is 6.79. The number of methoxy groups -OCH3 is 1. The number of fused-ring (bicyclic) bond motifs is 1. The quantitative estimate of drug-likeness (QED) is 0.409. The van der Waals surface area contributed by atoms with Crippen molar-refractivity contribution in [1.82, 2.24) is 15.2 Å². The monoisotopic (exact) mass is 544 g/mol. The van der Waals surface area contributed by atoms with Crippen LogP contribution in [0.2, 0.25) is 0 Å². The van der Waals surface area contributed by atoms with E-state index in [9.17, 15) is 19.1 Å². The van der Waals surface area contributed by atoms with Crippen LogP contribution in [0.3, 0.4) is 0 Å². The zero-order valence-corrected chi connectivity index (χ0v) is 22.8. The van der Waals surface area contributed by atoms with Gasteiger partial charge < -0.3 is 30.0 Å². The summed E-state index contributed by atoms with van der Waals surface area (Å²) in [7, 11) is 1.53. The number of benzene rings is 1. The number of hydrogen-bond donors (Lipinski definition) is 3. The highest BCUT2D eigenvalue weighted by Crippen LogP contribution is 2.30. The first-order valence-corrected chi connectivity index (χ1v) is 13.2. The molecule has 0 spiro atoms. The maximum atomic E-state index is 14.4. The van der Waals surface area contributed by atoms with E-state index in [0.29, 0.717) is 18.0 Å². The maximum absolute atomic E-state index is 14.4. The summed E-state index contributed by atoms with van der Waals surface area (Å²) in [6.45, 7) is 5.37. The number of carbonyl (C=O) groups is 2. The summed E-state index contributed by atoms with van der Waals surface area (Å²) in [4.78, 5) is 31.5. The largest absolute Gasteiger partial charge is 0.468 e. The lowest BCUT2D eigenvalue weighted by Gasteiger charge is -2.40. The van der Waals surface area contributed by atoms with E-state index in [1.54, 1.807) is 26.8 Å². The molecule has 3 N–H and O–H groups in total. The van der Waals surface area contributed by atoms with Gasteiger partial charge in [-0.1, -0.05) is 6.07 Å². The molecule has 0 radical (unpaired) electrons. The molecular weight excluding hydrogens is 507 g/mol. The van der Waals surface area contributed by atoms with Gasteiger partial charge in [-0.2, -0.15) is 0 Å². The summed E-state index contributed by atoms with van der Waals surface area (Å²) in [5, 5.41) is 17.0. The highest BCUT2D eigenvalue weighted by atomic mass is 19.1. The lowest BCUT2D eigenvalue weighted by Crippen LogP contribution is -2.54. The van der Waals surface area contributed by atoms with Gasteiger partial charge in [0.1, 0.15) is 17.2 Å². The third-order valence-corrected chi connectivity index (χ3v) is 6.79. The van der Waals surface area contributed by atoms with Crippen LogP contribution in [0, 0.1) is 5.82 Å². The Morgan fingerprint density at radius 3 is 2.67 bits per heavy atom. The first kappa shape index (κ1) is 28.6. The van der Waals surface area contributed by atoms with Gasteiger partial charge in [0.15, 0.2) is 12.6 Å².